The summed E-state index contributed by atoms with van der Waals surface area (Å²) in [7, 11) is 1.61. The Balaban J connectivity index is 1.69. The molecule has 3 rings (SSSR count). The van der Waals surface area contributed by atoms with Crippen molar-refractivity contribution in [1.82, 2.24) is 10.2 Å². The molecule has 0 unspecified atom stereocenters. The summed E-state index contributed by atoms with van der Waals surface area (Å²) in [4.78, 5) is 36.9. The van der Waals surface area contributed by atoms with Crippen LogP contribution in [0.4, 0.5) is 0 Å². The first-order valence-corrected chi connectivity index (χ1v) is 9.33. The Labute approximate surface area is 173 Å². The molecule has 2 aromatic rings. The molecule has 0 radical (unpaired) electrons. The van der Waals surface area contributed by atoms with E-state index in [2.05, 4.69) is 5.32 Å². The topological polar surface area (TPSA) is 116 Å². The first-order valence-electron chi connectivity index (χ1n) is 9.33. The number of hydrogen-bond acceptors (Lipinski definition) is 5. The van der Waals surface area contributed by atoms with Gasteiger partial charge in [0, 0.05) is 19.5 Å². The van der Waals surface area contributed by atoms with Crippen LogP contribution in [0.3, 0.4) is 0 Å². The molecule has 0 fully saturated rings. The molecule has 0 saturated carbocycles. The van der Waals surface area contributed by atoms with E-state index in [9.17, 15) is 19.5 Å². The van der Waals surface area contributed by atoms with Crippen molar-refractivity contribution in [3.8, 4) is 16.9 Å². The van der Waals surface area contributed by atoms with Gasteiger partial charge < -0.3 is 25.2 Å². The van der Waals surface area contributed by atoms with Crippen LogP contribution >= 0.6 is 0 Å². The van der Waals surface area contributed by atoms with E-state index in [1.165, 1.54) is 4.90 Å². The second-order valence-electron chi connectivity index (χ2n) is 6.80. The summed E-state index contributed by atoms with van der Waals surface area (Å²) in [5.74, 6) is -2.30. The van der Waals surface area contributed by atoms with Crippen molar-refractivity contribution in [2.45, 2.75) is 13.0 Å². The number of aliphatic carboxylic acids is 1. The highest BCUT2D eigenvalue weighted by molar-refractivity contribution is 6.19. The van der Waals surface area contributed by atoms with Crippen LogP contribution in [0.25, 0.3) is 11.1 Å². The molecule has 0 atom stereocenters. The van der Waals surface area contributed by atoms with Crippen molar-refractivity contribution < 1.29 is 29.3 Å². The molecule has 0 aromatic heterocycles. The van der Waals surface area contributed by atoms with E-state index in [0.29, 0.717) is 0 Å². The minimum Gasteiger partial charge on any atom is -0.511 e. The van der Waals surface area contributed by atoms with Crippen molar-refractivity contribution in [3.63, 3.8) is 0 Å². The SMILES string of the molecule is COc1ccc(-c2ccc(CN3CCC(O)=C(C(=O)NCC(=O)O)C3=O)cc2)cc1. The van der Waals surface area contributed by atoms with E-state index >= 15 is 0 Å². The third-order valence-corrected chi connectivity index (χ3v) is 4.79. The maximum absolute atomic E-state index is 12.7. The van der Waals surface area contributed by atoms with Crippen LogP contribution in [0.15, 0.2) is 59.9 Å². The minimum atomic E-state index is -1.24. The minimum absolute atomic E-state index is 0.130. The Hall–Kier alpha value is -3.81. The van der Waals surface area contributed by atoms with Gasteiger partial charge in [0.05, 0.1) is 7.11 Å². The second-order valence-corrected chi connectivity index (χ2v) is 6.80. The van der Waals surface area contributed by atoms with Crippen molar-refractivity contribution in [1.29, 1.82) is 0 Å². The molecule has 1 aliphatic rings. The van der Waals surface area contributed by atoms with Crippen LogP contribution in [0.2, 0.25) is 0 Å². The predicted molar refractivity (Wildman–Crippen MR) is 109 cm³/mol. The molecule has 2 amide bonds. The number of carbonyl (C=O) groups excluding carboxylic acids is 2. The largest absolute Gasteiger partial charge is 0.511 e. The lowest BCUT2D eigenvalue weighted by atomic mass is 10.0. The van der Waals surface area contributed by atoms with E-state index in [4.69, 9.17) is 9.84 Å². The van der Waals surface area contributed by atoms with E-state index in [1.807, 2.05) is 48.5 Å². The summed E-state index contributed by atoms with van der Waals surface area (Å²) in [5.41, 5.74) is 2.50. The van der Waals surface area contributed by atoms with Crippen LogP contribution in [-0.4, -0.2) is 53.1 Å². The monoisotopic (exact) mass is 410 g/mol. The Morgan fingerprint density at radius 3 is 2.23 bits per heavy atom. The zero-order valence-corrected chi connectivity index (χ0v) is 16.4. The van der Waals surface area contributed by atoms with Gasteiger partial charge in [-0.3, -0.25) is 14.4 Å². The lowest BCUT2D eigenvalue weighted by molar-refractivity contribution is -0.138. The number of nitrogens with zero attached hydrogens (tertiary/aromatic N) is 1. The smallest absolute Gasteiger partial charge is 0.322 e. The normalized spacial score (nSPS) is 13.9. The summed E-state index contributed by atoms with van der Waals surface area (Å²) >= 11 is 0. The molecule has 8 nitrogen and oxygen atoms in total. The zero-order valence-electron chi connectivity index (χ0n) is 16.4. The average Bonchev–Trinajstić information content (AvgIpc) is 2.75. The molecular formula is C22H22N2O6. The fourth-order valence-corrected chi connectivity index (χ4v) is 3.18. The van der Waals surface area contributed by atoms with Crippen LogP contribution in [-0.2, 0) is 20.9 Å². The van der Waals surface area contributed by atoms with Gasteiger partial charge >= 0.3 is 5.97 Å². The molecular weight excluding hydrogens is 388 g/mol. The average molecular weight is 410 g/mol. The summed E-state index contributed by atoms with van der Waals surface area (Å²) < 4.78 is 5.16. The maximum atomic E-state index is 12.7. The number of amides is 2. The van der Waals surface area contributed by atoms with E-state index in [0.717, 1.165) is 22.4 Å². The molecule has 2 aromatic carbocycles. The first-order chi connectivity index (χ1) is 14.4. The number of ether oxygens (including phenoxy) is 1. The molecule has 156 valence electrons. The molecule has 1 heterocycles. The Morgan fingerprint density at radius 1 is 1.07 bits per heavy atom. The number of hydrogen-bond donors (Lipinski definition) is 3. The summed E-state index contributed by atoms with van der Waals surface area (Å²) in [6.45, 7) is -0.0962. The third kappa shape index (κ3) is 4.78. The number of methoxy groups -OCH3 is 1. The van der Waals surface area contributed by atoms with Gasteiger partial charge in [0.25, 0.3) is 11.8 Å². The van der Waals surface area contributed by atoms with Gasteiger partial charge in [-0.2, -0.15) is 0 Å². The zero-order chi connectivity index (χ0) is 21.7. The van der Waals surface area contributed by atoms with Gasteiger partial charge in [-0.15, -0.1) is 0 Å². The molecule has 1 aliphatic heterocycles. The summed E-state index contributed by atoms with van der Waals surface area (Å²) in [5, 5.41) is 20.8. The lowest BCUT2D eigenvalue weighted by Crippen LogP contribution is -2.43. The van der Waals surface area contributed by atoms with Crippen molar-refractivity contribution in [2.24, 2.45) is 0 Å². The van der Waals surface area contributed by atoms with Gasteiger partial charge in [0.15, 0.2) is 0 Å². The lowest BCUT2D eigenvalue weighted by Gasteiger charge is -2.28. The number of benzene rings is 2. The van der Waals surface area contributed by atoms with Gasteiger partial charge in [-0.25, -0.2) is 0 Å². The standard InChI is InChI=1S/C22H22N2O6/c1-30-17-8-6-16(7-9-17)15-4-2-14(3-5-15)13-24-11-10-18(25)20(22(24)29)21(28)23-12-19(26)27/h2-9,25H,10-13H2,1H3,(H,23,28)(H,26,27). The first kappa shape index (κ1) is 20.9. The van der Waals surface area contributed by atoms with Gasteiger partial charge in [0.2, 0.25) is 0 Å². The molecule has 0 bridgehead atoms. The van der Waals surface area contributed by atoms with Crippen LogP contribution in [0.5, 0.6) is 5.75 Å². The number of aliphatic hydroxyl groups excluding tert-OH is 1. The van der Waals surface area contributed by atoms with E-state index < -0.39 is 29.9 Å². The highest BCUT2D eigenvalue weighted by Crippen LogP contribution is 2.24. The van der Waals surface area contributed by atoms with Gasteiger partial charge in [-0.05, 0) is 28.8 Å². The number of rotatable bonds is 7. The number of carboxylic acid groups (broad SMARTS) is 1. The third-order valence-electron chi connectivity index (χ3n) is 4.79. The number of aliphatic hydroxyl groups is 1. The van der Waals surface area contributed by atoms with Gasteiger partial charge in [-0.1, -0.05) is 36.4 Å². The Bertz CT molecular complexity index is 980. The highest BCUT2D eigenvalue weighted by Gasteiger charge is 2.32. The number of carboxylic acids is 1. The quantitative estimate of drug-likeness (QED) is 0.602. The molecule has 8 heteroatoms. The second kappa shape index (κ2) is 9.13. The van der Waals surface area contributed by atoms with Crippen molar-refractivity contribution in [2.75, 3.05) is 20.2 Å². The van der Waals surface area contributed by atoms with E-state index in [1.54, 1.807) is 7.11 Å². The molecule has 3 N–H and O–H groups in total. The van der Waals surface area contributed by atoms with Crippen molar-refractivity contribution in [3.05, 3.63) is 65.4 Å². The van der Waals surface area contributed by atoms with Crippen LogP contribution in [0, 0.1) is 0 Å². The number of nitrogens with one attached hydrogen (secondary N) is 1. The Kier molecular flexibility index (Phi) is 6.36. The molecule has 0 saturated heterocycles. The summed E-state index contributed by atoms with van der Waals surface area (Å²) in [6, 6.07) is 15.4. The summed E-state index contributed by atoms with van der Waals surface area (Å²) in [6.07, 6.45) is 0.130. The fourth-order valence-electron chi connectivity index (χ4n) is 3.18. The molecule has 0 spiro atoms. The van der Waals surface area contributed by atoms with E-state index in [-0.39, 0.29) is 25.3 Å². The van der Waals surface area contributed by atoms with Gasteiger partial charge in [0.1, 0.15) is 23.6 Å². The maximum Gasteiger partial charge on any atom is 0.322 e. The Morgan fingerprint density at radius 2 is 1.67 bits per heavy atom. The highest BCUT2D eigenvalue weighted by atomic mass is 16.5. The number of carbonyl (C=O) groups is 3. The molecule has 0 aliphatic carbocycles. The predicted octanol–water partition coefficient (Wildman–Crippen LogP) is 2.11. The van der Waals surface area contributed by atoms with Crippen LogP contribution in [0.1, 0.15) is 12.0 Å². The molecule has 30 heavy (non-hydrogen) atoms. The van der Waals surface area contributed by atoms with Crippen molar-refractivity contribution >= 4 is 17.8 Å². The van der Waals surface area contributed by atoms with Crippen LogP contribution < -0.4 is 10.1 Å². The fraction of sp³-hybridized carbons (Fsp3) is 0.227.